The molecule has 2 aromatic heterocycles. The molecule has 7 nitrogen and oxygen atoms in total. The summed E-state index contributed by atoms with van der Waals surface area (Å²) in [5.41, 5.74) is 5.28. The number of hydrogen-bond acceptors (Lipinski definition) is 6. The minimum atomic E-state index is 0.0411. The molecule has 0 unspecified atom stereocenters. The van der Waals surface area contributed by atoms with Gasteiger partial charge < -0.3 is 15.0 Å². The highest BCUT2D eigenvalue weighted by Crippen LogP contribution is 2.29. The third-order valence-corrected chi connectivity index (χ3v) is 4.91. The summed E-state index contributed by atoms with van der Waals surface area (Å²) in [7, 11) is 3.54. The molecule has 0 saturated carbocycles. The Hall–Kier alpha value is -3.74. The molecule has 0 spiro atoms. The van der Waals surface area contributed by atoms with E-state index < -0.39 is 0 Å². The molecule has 1 aliphatic rings. The molecule has 1 aromatic carbocycles. The van der Waals surface area contributed by atoms with Crippen LogP contribution in [0.5, 0.6) is 5.75 Å². The van der Waals surface area contributed by atoms with Gasteiger partial charge in [0.1, 0.15) is 5.75 Å². The molecular weight excluding hydrogens is 390 g/mol. The molecule has 4 rings (SSSR count). The molecule has 0 bridgehead atoms. The van der Waals surface area contributed by atoms with E-state index in [0.717, 1.165) is 40.3 Å². The maximum atomic E-state index is 12.3. The molecule has 0 radical (unpaired) electrons. The third-order valence-electron chi connectivity index (χ3n) is 4.91. The van der Waals surface area contributed by atoms with Crippen molar-refractivity contribution < 1.29 is 9.53 Å². The molecule has 3 aromatic rings. The van der Waals surface area contributed by atoms with Crippen molar-refractivity contribution in [1.29, 1.82) is 0 Å². The topological polar surface area (TPSA) is 80.2 Å². The predicted octanol–water partition coefficient (Wildman–Crippen LogP) is 4.10. The van der Waals surface area contributed by atoms with Crippen molar-refractivity contribution in [2.24, 2.45) is 0 Å². The van der Waals surface area contributed by atoms with Crippen LogP contribution < -0.4 is 10.1 Å². The number of aromatic nitrogens is 3. The van der Waals surface area contributed by atoms with Gasteiger partial charge in [0.15, 0.2) is 0 Å². The lowest BCUT2D eigenvalue weighted by molar-refractivity contribution is -0.124. The number of benzene rings is 1. The van der Waals surface area contributed by atoms with Crippen LogP contribution in [0.25, 0.3) is 17.5 Å². The average Bonchev–Trinajstić information content (AvgIpc) is 3.21. The highest BCUT2D eigenvalue weighted by molar-refractivity contribution is 6.00. The zero-order valence-electron chi connectivity index (χ0n) is 17.9. The molecule has 0 fully saturated rings. The van der Waals surface area contributed by atoms with E-state index in [1.165, 1.54) is 0 Å². The Morgan fingerprint density at radius 2 is 1.94 bits per heavy atom. The molecule has 0 atom stereocenters. The number of fused-ring (bicyclic) bond motifs is 1. The number of likely N-dealkylation sites (N-methyl/N-ethyl adjacent to an activating group) is 1. The van der Waals surface area contributed by atoms with Gasteiger partial charge in [-0.2, -0.15) is 0 Å². The van der Waals surface area contributed by atoms with Crippen LogP contribution in [0.1, 0.15) is 24.5 Å². The lowest BCUT2D eigenvalue weighted by Crippen LogP contribution is -2.23. The van der Waals surface area contributed by atoms with E-state index in [0.29, 0.717) is 24.7 Å². The molecule has 1 aliphatic carbocycles. The van der Waals surface area contributed by atoms with E-state index in [1.807, 2.05) is 42.5 Å². The smallest absolute Gasteiger partial charge is 0.249 e. The molecule has 31 heavy (non-hydrogen) atoms. The summed E-state index contributed by atoms with van der Waals surface area (Å²) in [4.78, 5) is 27.2. The van der Waals surface area contributed by atoms with Gasteiger partial charge in [-0.05, 0) is 47.9 Å². The van der Waals surface area contributed by atoms with Crippen LogP contribution in [0, 0.1) is 0 Å². The van der Waals surface area contributed by atoms with Crippen LogP contribution in [0.15, 0.2) is 54.4 Å². The van der Waals surface area contributed by atoms with Gasteiger partial charge in [-0.15, -0.1) is 0 Å². The van der Waals surface area contributed by atoms with Crippen molar-refractivity contribution >= 4 is 23.6 Å². The molecule has 158 valence electrons. The minimum absolute atomic E-state index is 0.0411. The fourth-order valence-electron chi connectivity index (χ4n) is 3.40. The Balaban J connectivity index is 1.50. The Kier molecular flexibility index (Phi) is 5.93. The number of nitrogens with zero attached hydrogens (tertiary/aromatic N) is 4. The molecular formula is C24H25N5O2. The monoisotopic (exact) mass is 415 g/mol. The van der Waals surface area contributed by atoms with Gasteiger partial charge in [0, 0.05) is 50.2 Å². The number of rotatable bonds is 7. The van der Waals surface area contributed by atoms with Crippen LogP contribution in [0.4, 0.5) is 11.6 Å². The van der Waals surface area contributed by atoms with Crippen LogP contribution in [-0.4, -0.2) is 46.5 Å². The van der Waals surface area contributed by atoms with E-state index >= 15 is 0 Å². The van der Waals surface area contributed by atoms with Crippen molar-refractivity contribution in [2.75, 3.05) is 26.0 Å². The third kappa shape index (κ3) is 4.71. The first-order valence-electron chi connectivity index (χ1n) is 10.3. The number of amides is 1. The quantitative estimate of drug-likeness (QED) is 0.626. The van der Waals surface area contributed by atoms with Crippen molar-refractivity contribution in [3.8, 4) is 17.1 Å². The number of carbonyl (C=O) groups excluding carboxylic acids is 1. The van der Waals surface area contributed by atoms with Gasteiger partial charge in [0.2, 0.25) is 11.9 Å². The van der Waals surface area contributed by atoms with Crippen LogP contribution in [0.3, 0.4) is 0 Å². The molecule has 1 N–H and O–H groups in total. The fraction of sp³-hybridized carbons (Fsp3) is 0.250. The first kappa shape index (κ1) is 20.5. The largest absolute Gasteiger partial charge is 0.493 e. The SMILES string of the molecule is CCCOc1ccnc(-c2ccnc(Nc3ccc4c(c3)CC(C(=O)N(C)C)=C4)n2)c1. The van der Waals surface area contributed by atoms with E-state index in [9.17, 15) is 4.79 Å². The Morgan fingerprint density at radius 1 is 1.10 bits per heavy atom. The standard InChI is InChI=1S/C24H25N5O2/c1-4-11-31-20-7-9-25-22(15-20)21-8-10-26-24(28-21)27-19-6-5-16-12-18(13-17(16)14-19)23(30)29(2)3/h5-10,12,14-15H,4,11,13H2,1-3H3,(H,26,27,28). The molecule has 0 aliphatic heterocycles. The maximum Gasteiger partial charge on any atom is 0.249 e. The van der Waals surface area contributed by atoms with Crippen molar-refractivity contribution in [3.63, 3.8) is 0 Å². The molecule has 1 amide bonds. The maximum absolute atomic E-state index is 12.3. The Bertz CT molecular complexity index is 1140. The lowest BCUT2D eigenvalue weighted by Gasteiger charge is -2.11. The summed E-state index contributed by atoms with van der Waals surface area (Å²) < 4.78 is 5.70. The summed E-state index contributed by atoms with van der Waals surface area (Å²) >= 11 is 0. The summed E-state index contributed by atoms with van der Waals surface area (Å²) in [6.07, 6.45) is 6.94. The lowest BCUT2D eigenvalue weighted by atomic mass is 10.1. The zero-order valence-corrected chi connectivity index (χ0v) is 17.9. The molecule has 7 heteroatoms. The second kappa shape index (κ2) is 8.95. The summed E-state index contributed by atoms with van der Waals surface area (Å²) in [5.74, 6) is 1.29. The van der Waals surface area contributed by atoms with Gasteiger partial charge in [0.25, 0.3) is 0 Å². The van der Waals surface area contributed by atoms with Crippen molar-refractivity contribution in [3.05, 3.63) is 65.5 Å². The first-order valence-corrected chi connectivity index (χ1v) is 10.3. The number of pyridine rings is 1. The number of nitrogens with one attached hydrogen (secondary N) is 1. The number of carbonyl (C=O) groups is 1. The highest BCUT2D eigenvalue weighted by atomic mass is 16.5. The molecule has 0 saturated heterocycles. The first-order chi connectivity index (χ1) is 15.0. The second-order valence-corrected chi connectivity index (χ2v) is 7.58. The summed E-state index contributed by atoms with van der Waals surface area (Å²) in [5, 5.41) is 3.26. The van der Waals surface area contributed by atoms with E-state index in [4.69, 9.17) is 4.74 Å². The van der Waals surface area contributed by atoms with Gasteiger partial charge in [0.05, 0.1) is 18.0 Å². The normalized spacial score (nSPS) is 12.2. The second-order valence-electron chi connectivity index (χ2n) is 7.58. The van der Waals surface area contributed by atoms with Gasteiger partial charge >= 0.3 is 0 Å². The Morgan fingerprint density at radius 3 is 2.74 bits per heavy atom. The van der Waals surface area contributed by atoms with E-state index in [1.54, 1.807) is 31.4 Å². The number of anilines is 2. The summed E-state index contributed by atoms with van der Waals surface area (Å²) in [6, 6.07) is 11.6. The number of hydrogen-bond donors (Lipinski definition) is 1. The zero-order chi connectivity index (χ0) is 21.8. The van der Waals surface area contributed by atoms with Gasteiger partial charge in [-0.25, -0.2) is 9.97 Å². The van der Waals surface area contributed by atoms with Gasteiger partial charge in [-0.3, -0.25) is 9.78 Å². The fourth-order valence-corrected chi connectivity index (χ4v) is 3.40. The van der Waals surface area contributed by atoms with Gasteiger partial charge in [-0.1, -0.05) is 13.0 Å². The summed E-state index contributed by atoms with van der Waals surface area (Å²) in [6.45, 7) is 2.73. The molecule has 2 heterocycles. The Labute approximate surface area is 181 Å². The van der Waals surface area contributed by atoms with Crippen molar-refractivity contribution in [2.45, 2.75) is 19.8 Å². The highest BCUT2D eigenvalue weighted by Gasteiger charge is 2.20. The average molecular weight is 415 g/mol. The van der Waals surface area contributed by atoms with Crippen LogP contribution in [-0.2, 0) is 11.2 Å². The van der Waals surface area contributed by atoms with E-state index in [2.05, 4.69) is 27.2 Å². The van der Waals surface area contributed by atoms with Crippen LogP contribution in [0.2, 0.25) is 0 Å². The van der Waals surface area contributed by atoms with Crippen LogP contribution >= 0.6 is 0 Å². The predicted molar refractivity (Wildman–Crippen MR) is 121 cm³/mol. The van der Waals surface area contributed by atoms with Crippen molar-refractivity contribution in [1.82, 2.24) is 19.9 Å². The minimum Gasteiger partial charge on any atom is -0.493 e. The number of ether oxygens (including phenoxy) is 1. The van der Waals surface area contributed by atoms with E-state index in [-0.39, 0.29) is 5.91 Å².